The van der Waals surface area contributed by atoms with Crippen molar-refractivity contribution in [2.45, 2.75) is 74.0 Å². The maximum absolute atomic E-state index is 9.53. The van der Waals surface area contributed by atoms with Crippen LogP contribution in [0.1, 0.15) is 124 Å². The first kappa shape index (κ1) is 91.0. The molecule has 10 nitrogen and oxygen atoms in total. The molecule has 0 N–H and O–H groups in total. The maximum Gasteiger partial charge on any atom is 0.187 e. The van der Waals surface area contributed by atoms with Crippen LogP contribution >= 0.6 is 0 Å². The lowest BCUT2D eigenvalue weighted by molar-refractivity contribution is 0.353. The summed E-state index contributed by atoms with van der Waals surface area (Å²) in [5, 5.41) is 28.6. The van der Waals surface area contributed by atoms with Gasteiger partial charge in [-0.15, -0.1) is 0 Å². The smallest absolute Gasteiger partial charge is 0.187 e. The average Bonchev–Trinajstić information content (AvgIpc) is 0.766. The quantitative estimate of drug-likeness (QED) is 0.0603. The Morgan fingerprint density at radius 1 is 0.178 bits per heavy atom. The van der Waals surface area contributed by atoms with Crippen LogP contribution < -0.4 is 0 Å². The molecule has 0 radical (unpaired) electrons. The fraction of sp³-hybridized carbons (Fsp3) is 0.0882. The molecule has 5 unspecified atom stereocenters. The van der Waals surface area contributed by atoms with Gasteiger partial charge in [-0.1, -0.05) is 334 Å². The third-order valence-corrected chi connectivity index (χ3v) is 29.7. The summed E-state index contributed by atoms with van der Waals surface area (Å²) in [5.74, 6) is 0.981. The van der Waals surface area contributed by atoms with Crippen LogP contribution in [0.2, 0.25) is 0 Å². The second kappa shape index (κ2) is 41.1. The Bertz CT molecular complexity index is 7680. The Hall–Kier alpha value is -18.8. The number of benzene rings is 15. The molecule has 6 heterocycles. The molecular weight excluding hydrogens is 1770 g/mol. The standard InChI is InChI=1S/C136H96N10/c1-140-118-61-53-95(54-62-118)99-22-17-26-103(72-99)134-66-58-109(86-144-134)122-32-5-11-38-128(122)115-75-114(127-37-10-4-31-121(127)108-57-65-133(143-85-108)102-25-16-21-98(71-102)94-51-45-91(82-139)46-52-94)78-117(79-115)130-40-13-7-34-124(130)111-60-68-136(146-88-111)105-28-18-27-104(73-105)135-67-59-110(87-145-135)123-33-6-12-39-129(123)116-76-112(125-35-8-2-29-119(125)106-55-63-131(141-83-106)100-23-14-19-96(69-100)92-47-41-89(80-137)42-48-92)74-113(77-116)126-36-9-3-30-120(126)107-56-64-132(142-84-107)101-24-15-20-97(70-101)93-49-43-90(81-138)44-50-93/h2-73,83-88,112-117H,74-79H2. The van der Waals surface area contributed by atoms with Gasteiger partial charge < -0.3 is 0 Å². The normalized spacial score (nSPS) is 15.3. The monoisotopic (exact) mass is 1870 g/mol. The van der Waals surface area contributed by atoms with E-state index in [1.54, 1.807) is 0 Å². The lowest BCUT2D eigenvalue weighted by Gasteiger charge is -2.38. The minimum Gasteiger partial charge on any atom is -0.256 e. The molecule has 0 amide bonds. The number of hydrogen-bond donors (Lipinski definition) is 0. The van der Waals surface area contributed by atoms with Crippen LogP contribution in [-0.4, -0.2) is 29.9 Å². The first-order valence-corrected chi connectivity index (χ1v) is 49.9. The Morgan fingerprint density at radius 3 is 0.527 bits per heavy atom. The molecule has 15 aromatic carbocycles. The van der Waals surface area contributed by atoms with Crippen molar-refractivity contribution >= 4 is 5.69 Å². The molecule has 2 fully saturated rings. The third kappa shape index (κ3) is 19.2. The molecule has 2 aliphatic carbocycles. The van der Waals surface area contributed by atoms with Crippen molar-refractivity contribution < 1.29 is 0 Å². The second-order valence-electron chi connectivity index (χ2n) is 38.3. The summed E-state index contributed by atoms with van der Waals surface area (Å²) in [5.41, 5.74) is 43.7. The Morgan fingerprint density at radius 2 is 0.349 bits per heavy atom. The minimum absolute atomic E-state index is 0.158. The third-order valence-electron chi connectivity index (χ3n) is 29.7. The topological polar surface area (TPSA) is 153 Å². The molecule has 0 saturated heterocycles. The Labute approximate surface area is 851 Å². The predicted octanol–water partition coefficient (Wildman–Crippen LogP) is 34.6. The Balaban J connectivity index is 0.533. The first-order chi connectivity index (χ1) is 72.1. The SMILES string of the molecule is [C-]#[N+]c1ccc(-c2cccc(-c3ccc(-c4ccccc4C4CC(c5ccccc5-c5ccc(-c6cccc(-c7ccc(C#N)cc7)c6)nc5)CC(c5ccccc5-c5ccc(-c6cccc(-c7ccc(-c8ccccc8C8CC(c9ccccc9-c9ccc(-c%10cccc(-c%11ccc(C#N)cc%11)c%10)nc9)CC(c9ccccc9-c9ccc(-c%10cccc(-c%11ccc(C#N)cc%11)c%10)nc9)C8)cn7)c6)nc5)C4)cn3)c2)cc1. The van der Waals surface area contributed by atoms with Gasteiger partial charge >= 0.3 is 0 Å². The summed E-state index contributed by atoms with van der Waals surface area (Å²) in [6.07, 6.45) is 17.9. The van der Waals surface area contributed by atoms with E-state index in [4.69, 9.17) is 36.5 Å². The molecule has 146 heavy (non-hydrogen) atoms. The molecule has 23 rings (SSSR count). The highest BCUT2D eigenvalue weighted by molar-refractivity contribution is 5.83. The van der Waals surface area contributed by atoms with Crippen LogP contribution in [0, 0.1) is 40.6 Å². The first-order valence-electron chi connectivity index (χ1n) is 49.9. The van der Waals surface area contributed by atoms with Crippen molar-refractivity contribution in [2.24, 2.45) is 0 Å². The van der Waals surface area contributed by atoms with Gasteiger partial charge in [-0.3, -0.25) is 29.9 Å². The molecule has 0 spiro atoms. The van der Waals surface area contributed by atoms with Gasteiger partial charge in [0.15, 0.2) is 5.69 Å². The van der Waals surface area contributed by atoms with Gasteiger partial charge in [0.2, 0.25) is 0 Å². The fourth-order valence-corrected chi connectivity index (χ4v) is 22.4. The number of aromatic nitrogens is 6. The molecule has 0 aliphatic heterocycles. The molecule has 6 aromatic heterocycles. The van der Waals surface area contributed by atoms with Gasteiger partial charge in [0.05, 0.1) is 75.6 Å². The van der Waals surface area contributed by atoms with Crippen LogP contribution in [0.5, 0.6) is 0 Å². The summed E-state index contributed by atoms with van der Waals surface area (Å²) in [6, 6.07) is 161. The van der Waals surface area contributed by atoms with E-state index in [1.165, 1.54) is 66.8 Å². The molecule has 5 atom stereocenters. The largest absolute Gasteiger partial charge is 0.256 e. The van der Waals surface area contributed by atoms with Gasteiger partial charge in [0.25, 0.3) is 0 Å². The summed E-state index contributed by atoms with van der Waals surface area (Å²) in [4.78, 5) is 35.1. The predicted molar refractivity (Wildman–Crippen MR) is 591 cm³/mol. The highest BCUT2D eigenvalue weighted by atomic mass is 14.7. The van der Waals surface area contributed by atoms with Crippen molar-refractivity contribution in [1.29, 1.82) is 15.8 Å². The molecule has 0 bridgehead atoms. The van der Waals surface area contributed by atoms with Crippen LogP contribution in [-0.2, 0) is 0 Å². The fourth-order valence-electron chi connectivity index (χ4n) is 22.4. The zero-order valence-corrected chi connectivity index (χ0v) is 80.2. The van der Waals surface area contributed by atoms with E-state index in [1.807, 2.05) is 122 Å². The number of hydrogen-bond acceptors (Lipinski definition) is 9. The lowest BCUT2D eigenvalue weighted by atomic mass is 9.66. The highest BCUT2D eigenvalue weighted by Gasteiger charge is 2.38. The van der Waals surface area contributed by atoms with Crippen LogP contribution in [0.4, 0.5) is 5.69 Å². The van der Waals surface area contributed by atoms with Crippen molar-refractivity contribution in [3.63, 3.8) is 0 Å². The molecular formula is C136H96N10. The van der Waals surface area contributed by atoms with Crippen molar-refractivity contribution in [2.75, 3.05) is 0 Å². The van der Waals surface area contributed by atoms with Gasteiger partial charge in [-0.2, -0.15) is 15.8 Å². The van der Waals surface area contributed by atoms with Crippen LogP contribution in [0.25, 0.3) is 184 Å². The zero-order chi connectivity index (χ0) is 98.2. The van der Waals surface area contributed by atoms with Crippen LogP contribution in [0.15, 0.2) is 474 Å². The average molecular weight is 1870 g/mol. The molecule has 21 aromatic rings. The summed E-state index contributed by atoms with van der Waals surface area (Å²) in [6.45, 7) is 7.51. The number of pyridine rings is 6. The van der Waals surface area contributed by atoms with E-state index in [0.717, 1.165) is 184 Å². The molecule has 2 aliphatic rings. The maximum atomic E-state index is 9.53. The minimum atomic E-state index is 0.158. The second-order valence-corrected chi connectivity index (χ2v) is 38.3. The summed E-state index contributed by atoms with van der Waals surface area (Å²) >= 11 is 0. The van der Waals surface area contributed by atoms with Crippen LogP contribution in [0.3, 0.4) is 0 Å². The number of rotatable bonds is 22. The van der Waals surface area contributed by atoms with Gasteiger partial charge in [-0.05, 0) is 288 Å². The van der Waals surface area contributed by atoms with E-state index in [-0.39, 0.29) is 35.5 Å². The highest BCUT2D eigenvalue weighted by Crippen LogP contribution is 2.56. The van der Waals surface area contributed by atoms with Gasteiger partial charge in [-0.25, -0.2) is 4.85 Å². The summed E-state index contributed by atoms with van der Waals surface area (Å²) < 4.78 is 0. The van der Waals surface area contributed by atoms with E-state index in [9.17, 15) is 15.8 Å². The number of nitriles is 3. The van der Waals surface area contributed by atoms with E-state index in [0.29, 0.717) is 22.4 Å². The van der Waals surface area contributed by atoms with Gasteiger partial charge in [0, 0.05) is 104 Å². The van der Waals surface area contributed by atoms with E-state index in [2.05, 4.69) is 375 Å². The molecule has 690 valence electrons. The molecule has 10 heteroatoms. The van der Waals surface area contributed by atoms with E-state index >= 15 is 0 Å². The van der Waals surface area contributed by atoms with Gasteiger partial charge in [0.1, 0.15) is 0 Å². The summed E-state index contributed by atoms with van der Waals surface area (Å²) in [7, 11) is 0. The van der Waals surface area contributed by atoms with Crippen molar-refractivity contribution in [3.8, 4) is 197 Å². The van der Waals surface area contributed by atoms with Crippen molar-refractivity contribution in [1.82, 2.24) is 29.9 Å². The Kier molecular flexibility index (Phi) is 25.6. The zero-order valence-electron chi connectivity index (χ0n) is 80.2. The number of nitrogens with zero attached hydrogens (tertiary/aromatic N) is 10. The lowest BCUT2D eigenvalue weighted by Crippen LogP contribution is -2.21. The van der Waals surface area contributed by atoms with E-state index < -0.39 is 0 Å². The van der Waals surface area contributed by atoms with Crippen molar-refractivity contribution in [3.05, 3.63) is 535 Å². The molecule has 2 saturated carbocycles.